The zero-order chi connectivity index (χ0) is 21.6. The van der Waals surface area contributed by atoms with E-state index >= 15 is 0 Å². The average Bonchev–Trinajstić information content (AvgIpc) is 3.27. The Balaban J connectivity index is 1.28. The van der Waals surface area contributed by atoms with E-state index in [1.54, 1.807) is 25.3 Å². The third-order valence-corrected chi connectivity index (χ3v) is 6.61. The number of carbonyl (C=O) groups excluding carboxylic acids is 1. The lowest BCUT2D eigenvalue weighted by molar-refractivity contribution is -0.129. The van der Waals surface area contributed by atoms with Gasteiger partial charge in [-0.1, -0.05) is 53.7 Å². The summed E-state index contributed by atoms with van der Waals surface area (Å²) in [7, 11) is 1.60. The number of benzene rings is 2. The van der Waals surface area contributed by atoms with E-state index in [4.69, 9.17) is 16.3 Å². The Hall–Kier alpha value is -2.51. The number of aromatic amines is 1. The summed E-state index contributed by atoms with van der Waals surface area (Å²) in [5.41, 5.74) is 2.11. The van der Waals surface area contributed by atoms with Crippen LogP contribution in [0.25, 0.3) is 11.4 Å². The Kier molecular flexibility index (Phi) is 7.14. The lowest BCUT2D eigenvalue weighted by Crippen LogP contribution is -2.39. The minimum absolute atomic E-state index is 0.134. The molecule has 1 fully saturated rings. The van der Waals surface area contributed by atoms with Crippen molar-refractivity contribution in [2.24, 2.45) is 5.92 Å². The zero-order valence-electron chi connectivity index (χ0n) is 17.4. The van der Waals surface area contributed by atoms with Gasteiger partial charge in [-0.25, -0.2) is 4.98 Å². The zero-order valence-corrected chi connectivity index (χ0v) is 19.0. The molecule has 2 heterocycles. The molecular formula is C23H25ClN4O2S. The molecule has 0 unspecified atom stereocenters. The van der Waals surface area contributed by atoms with Crippen molar-refractivity contribution in [1.29, 1.82) is 0 Å². The van der Waals surface area contributed by atoms with Gasteiger partial charge in [0.05, 0.1) is 18.4 Å². The quantitative estimate of drug-likeness (QED) is 0.521. The number of hydrogen-bond acceptors (Lipinski definition) is 5. The van der Waals surface area contributed by atoms with Crippen molar-refractivity contribution < 1.29 is 9.53 Å². The molecule has 0 spiro atoms. The van der Waals surface area contributed by atoms with Crippen LogP contribution in [0, 0.1) is 5.92 Å². The van der Waals surface area contributed by atoms with E-state index in [2.05, 4.69) is 39.4 Å². The molecule has 1 aliphatic rings. The predicted molar refractivity (Wildman–Crippen MR) is 124 cm³/mol. The van der Waals surface area contributed by atoms with Crippen LogP contribution in [0.2, 0.25) is 5.02 Å². The Morgan fingerprint density at radius 1 is 1.23 bits per heavy atom. The van der Waals surface area contributed by atoms with E-state index in [-0.39, 0.29) is 5.91 Å². The van der Waals surface area contributed by atoms with E-state index in [0.29, 0.717) is 33.4 Å². The number of ether oxygens (including phenoxy) is 1. The molecule has 162 valence electrons. The third kappa shape index (κ3) is 5.60. The molecule has 2 aromatic carbocycles. The lowest BCUT2D eigenvalue weighted by Gasteiger charge is -2.32. The number of piperidine rings is 1. The summed E-state index contributed by atoms with van der Waals surface area (Å²) in [5.74, 6) is 2.33. The van der Waals surface area contributed by atoms with Crippen LogP contribution in [0.4, 0.5) is 0 Å². The van der Waals surface area contributed by atoms with E-state index in [0.717, 1.165) is 37.9 Å². The second-order valence-electron chi connectivity index (χ2n) is 7.61. The molecule has 1 aliphatic heterocycles. The number of amides is 1. The molecular weight excluding hydrogens is 432 g/mol. The summed E-state index contributed by atoms with van der Waals surface area (Å²) >= 11 is 7.44. The predicted octanol–water partition coefficient (Wildman–Crippen LogP) is 4.71. The highest BCUT2D eigenvalue weighted by Crippen LogP contribution is 2.31. The molecule has 0 saturated carbocycles. The Labute approximate surface area is 191 Å². The summed E-state index contributed by atoms with van der Waals surface area (Å²) in [6.07, 6.45) is 3.18. The van der Waals surface area contributed by atoms with Crippen molar-refractivity contribution in [1.82, 2.24) is 20.1 Å². The lowest BCUT2D eigenvalue weighted by atomic mass is 9.90. The minimum Gasteiger partial charge on any atom is -0.496 e. The largest absolute Gasteiger partial charge is 0.496 e. The molecule has 1 N–H and O–H groups in total. The number of likely N-dealkylation sites (tertiary alicyclic amines) is 1. The molecule has 0 radical (unpaired) electrons. The van der Waals surface area contributed by atoms with Crippen LogP contribution in [0.3, 0.4) is 0 Å². The van der Waals surface area contributed by atoms with Crippen molar-refractivity contribution in [2.45, 2.75) is 24.4 Å². The Morgan fingerprint density at radius 3 is 2.74 bits per heavy atom. The molecule has 1 amide bonds. The second kappa shape index (κ2) is 10.2. The van der Waals surface area contributed by atoms with Crippen molar-refractivity contribution >= 4 is 29.3 Å². The van der Waals surface area contributed by atoms with Gasteiger partial charge in [-0.05, 0) is 48.9 Å². The van der Waals surface area contributed by atoms with Crippen LogP contribution in [0.5, 0.6) is 5.75 Å². The Morgan fingerprint density at radius 2 is 2.00 bits per heavy atom. The van der Waals surface area contributed by atoms with Crippen LogP contribution >= 0.6 is 23.4 Å². The first-order chi connectivity index (χ1) is 15.1. The van der Waals surface area contributed by atoms with Crippen LogP contribution in [-0.4, -0.2) is 51.9 Å². The fraction of sp³-hybridized carbons (Fsp3) is 0.348. The molecule has 8 heteroatoms. The standard InChI is InChI=1S/C23H25ClN4O2S/c1-30-20-8-7-18(24)14-19(20)22-25-23(27-26-22)31-15-21(29)28-11-9-17(10-12-28)13-16-5-3-2-4-6-16/h2-8,14,17H,9-13,15H2,1H3,(H,25,26,27). The molecule has 31 heavy (non-hydrogen) atoms. The summed E-state index contributed by atoms with van der Waals surface area (Å²) < 4.78 is 5.37. The first kappa shape index (κ1) is 21.7. The molecule has 0 atom stereocenters. The van der Waals surface area contributed by atoms with Crippen LogP contribution in [0.15, 0.2) is 53.7 Å². The van der Waals surface area contributed by atoms with Gasteiger partial charge in [0.1, 0.15) is 5.75 Å². The third-order valence-electron chi connectivity index (χ3n) is 5.54. The maximum atomic E-state index is 12.7. The summed E-state index contributed by atoms with van der Waals surface area (Å²) in [6, 6.07) is 15.9. The number of aromatic nitrogens is 3. The number of H-pyrrole nitrogens is 1. The molecule has 1 saturated heterocycles. The molecule has 1 aromatic heterocycles. The minimum atomic E-state index is 0.134. The highest BCUT2D eigenvalue weighted by molar-refractivity contribution is 7.99. The number of thioether (sulfide) groups is 1. The van der Waals surface area contributed by atoms with Gasteiger partial charge in [0.15, 0.2) is 5.82 Å². The van der Waals surface area contributed by atoms with Gasteiger partial charge in [0.2, 0.25) is 11.1 Å². The van der Waals surface area contributed by atoms with E-state index < -0.39 is 0 Å². The second-order valence-corrected chi connectivity index (χ2v) is 8.99. The maximum absolute atomic E-state index is 12.7. The van der Waals surface area contributed by atoms with E-state index in [9.17, 15) is 4.79 Å². The fourth-order valence-corrected chi connectivity index (χ4v) is 4.72. The maximum Gasteiger partial charge on any atom is 0.233 e. The molecule has 6 nitrogen and oxygen atoms in total. The highest BCUT2D eigenvalue weighted by atomic mass is 35.5. The SMILES string of the molecule is COc1ccc(Cl)cc1-c1nc(SCC(=O)N2CCC(Cc3ccccc3)CC2)n[nH]1. The van der Waals surface area contributed by atoms with Gasteiger partial charge in [-0.15, -0.1) is 5.10 Å². The van der Waals surface area contributed by atoms with Crippen LogP contribution in [-0.2, 0) is 11.2 Å². The number of rotatable bonds is 7. The number of halogens is 1. The highest BCUT2D eigenvalue weighted by Gasteiger charge is 2.23. The van der Waals surface area contributed by atoms with Crippen molar-refractivity contribution in [2.75, 3.05) is 26.0 Å². The van der Waals surface area contributed by atoms with Gasteiger partial charge in [-0.3, -0.25) is 9.89 Å². The first-order valence-corrected chi connectivity index (χ1v) is 11.7. The molecule has 0 aliphatic carbocycles. The summed E-state index contributed by atoms with van der Waals surface area (Å²) in [5, 5.41) is 8.26. The van der Waals surface area contributed by atoms with Gasteiger partial charge in [0, 0.05) is 18.1 Å². The number of methoxy groups -OCH3 is 1. The number of nitrogens with one attached hydrogen (secondary N) is 1. The number of carbonyl (C=O) groups is 1. The van der Waals surface area contributed by atoms with Crippen molar-refractivity contribution in [3.63, 3.8) is 0 Å². The van der Waals surface area contributed by atoms with E-state index in [1.807, 2.05) is 11.0 Å². The monoisotopic (exact) mass is 456 g/mol. The number of nitrogens with zero attached hydrogens (tertiary/aromatic N) is 3. The fourth-order valence-electron chi connectivity index (χ4n) is 3.85. The first-order valence-electron chi connectivity index (χ1n) is 10.3. The van der Waals surface area contributed by atoms with E-state index in [1.165, 1.54) is 17.3 Å². The van der Waals surface area contributed by atoms with Gasteiger partial charge >= 0.3 is 0 Å². The van der Waals surface area contributed by atoms with Gasteiger partial charge in [-0.2, -0.15) is 0 Å². The van der Waals surface area contributed by atoms with Crippen LogP contribution in [0.1, 0.15) is 18.4 Å². The van der Waals surface area contributed by atoms with Gasteiger partial charge in [0.25, 0.3) is 0 Å². The van der Waals surface area contributed by atoms with Crippen molar-refractivity contribution in [3.8, 4) is 17.1 Å². The summed E-state index contributed by atoms with van der Waals surface area (Å²) in [4.78, 5) is 19.1. The summed E-state index contributed by atoms with van der Waals surface area (Å²) in [6.45, 7) is 1.63. The smallest absolute Gasteiger partial charge is 0.233 e. The molecule has 0 bridgehead atoms. The van der Waals surface area contributed by atoms with Crippen LogP contribution < -0.4 is 4.74 Å². The van der Waals surface area contributed by atoms with Gasteiger partial charge < -0.3 is 9.64 Å². The average molecular weight is 457 g/mol. The topological polar surface area (TPSA) is 71.1 Å². The number of hydrogen-bond donors (Lipinski definition) is 1. The molecule has 3 aromatic rings. The normalized spacial score (nSPS) is 14.6. The Bertz CT molecular complexity index is 1020. The molecule has 4 rings (SSSR count). The van der Waals surface area contributed by atoms with Crippen molar-refractivity contribution in [3.05, 3.63) is 59.1 Å².